The van der Waals surface area contributed by atoms with E-state index in [2.05, 4.69) is 84.0 Å². The van der Waals surface area contributed by atoms with E-state index in [1.807, 2.05) is 153 Å². The van der Waals surface area contributed by atoms with Crippen molar-refractivity contribution in [3.8, 4) is 51.9 Å². The molecule has 790 valence electrons. The normalized spacial score (nSPS) is 26.4. The summed E-state index contributed by atoms with van der Waals surface area (Å²) in [5, 5.41) is 0. The van der Waals surface area contributed by atoms with E-state index >= 15 is 0 Å². The van der Waals surface area contributed by atoms with Gasteiger partial charge in [0, 0.05) is 115 Å². The Morgan fingerprint density at radius 3 is 0.851 bits per heavy atom. The van der Waals surface area contributed by atoms with Gasteiger partial charge in [-0.15, -0.1) is 0 Å². The fraction of sp³-hybridized carbons (Fsp3) is 0.533. The summed E-state index contributed by atoms with van der Waals surface area (Å²) in [5.41, 5.74) is 11.3. The first-order valence-corrected chi connectivity index (χ1v) is 59.3. The van der Waals surface area contributed by atoms with Gasteiger partial charge in [0.2, 0.25) is 17.8 Å². The topological polar surface area (TPSA) is 445 Å². The summed E-state index contributed by atoms with van der Waals surface area (Å²) in [7, 11) is -14.8. The van der Waals surface area contributed by atoms with E-state index in [0.29, 0.717) is 214 Å². The number of pyridine rings is 3. The van der Waals surface area contributed by atoms with Gasteiger partial charge in [-0.1, -0.05) is 24.3 Å². The van der Waals surface area contributed by atoms with E-state index in [4.69, 9.17) is 78.3 Å². The lowest BCUT2D eigenvalue weighted by Gasteiger charge is -2.35. The maximum Gasteiger partial charge on any atom is 0.237 e. The molecular weight excluding hydrogens is 1990 g/mol. The molecule has 43 heteroatoms. The maximum absolute atomic E-state index is 13.0. The Morgan fingerprint density at radius 2 is 0.581 bits per heavy atom. The van der Waals surface area contributed by atoms with Crippen LogP contribution in [0.2, 0.25) is 0 Å². The van der Waals surface area contributed by atoms with Crippen LogP contribution in [-0.4, -0.2) is 291 Å². The summed E-state index contributed by atoms with van der Waals surface area (Å²) in [5.74, 6) is 9.18. The highest BCUT2D eigenvalue weighted by Gasteiger charge is 2.53. The standard InChI is InChI=1S/2C22H27N5O3S.C21H28N4O4S.2C20H26N4O3S/c2*1-15-14-30-11-10-26(15)20-13-19(22(3)9-6-12-31(22,28)29)24-21(25-20)27-16(2)23-17-7-4-5-8-18(17)27;1-14-10-16(11-19(22-14)28-4)20-23-17(21(3)6-5-9-30(21,26)27)12-18(24-20)25-7-8-29-13-15(25)2;2*1-14-11-16(5-7-21-14)19-22-17(20(3)6-4-10-28(20,25)26)12-18(23-19)24-8-9-27-13-15(24)2/h2*4-5,7-8,13,15H,6,9-12,14H2,1-3H3;10-12,15H,5-9,13H2,1-4H3;2*5,7,11-12,15H,4,6,8-10,13H2,1-3H3/t15-,22+;15-,22-;15-,21-;15-,20+;15-,20-/m11111/s1. The fourth-order valence-electron chi connectivity index (χ4n) is 21.5. The molecule has 10 fully saturated rings. The van der Waals surface area contributed by atoms with Gasteiger partial charge in [-0.25, -0.2) is 96.9 Å². The second kappa shape index (κ2) is 42.4. The van der Waals surface area contributed by atoms with Gasteiger partial charge in [0.1, 0.15) is 64.5 Å². The van der Waals surface area contributed by atoms with Gasteiger partial charge in [0.05, 0.1) is 183 Å². The number of aryl methyl sites for hydroxylation is 5. The highest BCUT2D eigenvalue weighted by atomic mass is 32.2. The van der Waals surface area contributed by atoms with Crippen molar-refractivity contribution >= 4 is 100 Å². The van der Waals surface area contributed by atoms with Gasteiger partial charge in [0.15, 0.2) is 66.7 Å². The molecule has 148 heavy (non-hydrogen) atoms. The SMILES string of the molecule is COc1cc(-c2nc(N3CCOC[C@H]3C)cc([C@@]3(C)CCCS3(=O)=O)n2)cc(C)n1.Cc1cc(-c2nc(N3CCOC[C@H]3C)cc([C@@]3(C)CCCS3(=O)=O)n2)ccn1.Cc1cc(-c2nc(N3CCOC[C@H]3C)cc([C@]3(C)CCCS3(=O)=O)n2)ccn1.Cc1nc2ccccc2n1-c1nc(N2CCOC[C@H]2C)cc([C@@]2(C)CCCS2(=O)=O)n1.Cc1nc2ccccc2n1-c1nc(N2CCOC[C@H]2C)cc([C@]2(C)CCCS2(=O)=O)n1. The van der Waals surface area contributed by atoms with Crippen LogP contribution in [0.5, 0.6) is 5.88 Å². The average Bonchev–Trinajstić information content (AvgIpc) is 1.62. The number of aromatic nitrogens is 17. The first kappa shape index (κ1) is 106. The molecule has 0 amide bonds. The molecule has 10 aliphatic heterocycles. The van der Waals surface area contributed by atoms with Crippen LogP contribution in [0.15, 0.2) is 128 Å². The Kier molecular flexibility index (Phi) is 30.5. The molecule has 10 aliphatic rings. The predicted molar refractivity (Wildman–Crippen MR) is 569 cm³/mol. The molecule has 10 saturated heterocycles. The lowest BCUT2D eigenvalue weighted by molar-refractivity contribution is 0.0984. The van der Waals surface area contributed by atoms with Crippen molar-refractivity contribution in [2.45, 2.75) is 222 Å². The summed E-state index contributed by atoms with van der Waals surface area (Å²) in [6.07, 6.45) is 9.57. The highest BCUT2D eigenvalue weighted by Crippen LogP contribution is 2.49. The van der Waals surface area contributed by atoms with E-state index in [9.17, 15) is 42.1 Å². The van der Waals surface area contributed by atoms with Gasteiger partial charge in [-0.05, 0) is 223 Å². The van der Waals surface area contributed by atoms with Gasteiger partial charge < -0.3 is 52.9 Å². The number of imidazole rings is 2. The molecule has 38 nitrogen and oxygen atoms in total. The van der Waals surface area contributed by atoms with Crippen molar-refractivity contribution < 1.29 is 70.5 Å². The molecule has 0 spiro atoms. The van der Waals surface area contributed by atoms with Crippen LogP contribution >= 0.6 is 0 Å². The summed E-state index contributed by atoms with van der Waals surface area (Å²) in [4.78, 5) is 81.1. The Morgan fingerprint density at radius 1 is 0.311 bits per heavy atom. The van der Waals surface area contributed by atoms with Crippen molar-refractivity contribution in [1.29, 1.82) is 0 Å². The molecule has 0 bridgehead atoms. The quantitative estimate of drug-likeness (QED) is 0.0867. The first-order valence-electron chi connectivity index (χ1n) is 51.0. The summed E-state index contributed by atoms with van der Waals surface area (Å²) in [6.45, 7) is 38.6. The van der Waals surface area contributed by atoms with E-state index in [1.54, 1.807) is 60.2 Å². The lowest BCUT2D eigenvalue weighted by Crippen LogP contribution is -2.44. The number of methoxy groups -OCH3 is 1. The molecule has 0 radical (unpaired) electrons. The van der Waals surface area contributed by atoms with Crippen molar-refractivity contribution in [1.82, 2.24) is 83.9 Å². The van der Waals surface area contributed by atoms with Crippen molar-refractivity contribution in [2.75, 3.05) is 159 Å². The molecule has 0 unspecified atom stereocenters. The largest absolute Gasteiger partial charge is 0.481 e. The summed E-state index contributed by atoms with van der Waals surface area (Å²) in [6, 6.07) is 37.0. The number of ether oxygens (including phenoxy) is 6. The Balaban J connectivity index is 0.000000121. The number of nitrogens with zero attached hydrogens (tertiary/aromatic N) is 22. The number of hydrogen-bond acceptors (Lipinski definition) is 36. The second-order valence-corrected chi connectivity index (χ2v) is 54.1. The van der Waals surface area contributed by atoms with Gasteiger partial charge in [-0.2, -0.15) is 9.97 Å². The zero-order valence-electron chi connectivity index (χ0n) is 87.1. The molecule has 10 atom stereocenters. The second-order valence-electron chi connectivity index (χ2n) is 41.4. The van der Waals surface area contributed by atoms with Crippen molar-refractivity contribution in [2.24, 2.45) is 0 Å². The molecule has 0 N–H and O–H groups in total. The van der Waals surface area contributed by atoms with Crippen LogP contribution in [0.25, 0.3) is 68.1 Å². The monoisotopic (exact) mass is 2120 g/mol. The van der Waals surface area contributed by atoms with Crippen LogP contribution in [0.3, 0.4) is 0 Å². The number of anilines is 5. The smallest absolute Gasteiger partial charge is 0.237 e. The highest BCUT2D eigenvalue weighted by molar-refractivity contribution is 7.93. The minimum absolute atomic E-state index is 0.135. The Hall–Kier alpha value is -11.4. The third kappa shape index (κ3) is 20.9. The molecule has 0 saturated carbocycles. The van der Waals surface area contributed by atoms with E-state index in [-0.39, 0.29) is 59.0 Å². The zero-order chi connectivity index (χ0) is 105. The fourth-order valence-corrected chi connectivity index (χ4v) is 30.8. The number of fused-ring (bicyclic) bond motifs is 2. The van der Waals surface area contributed by atoms with Crippen molar-refractivity contribution in [3.63, 3.8) is 0 Å². The first-order chi connectivity index (χ1) is 70.4. The van der Waals surface area contributed by atoms with Crippen LogP contribution in [0, 0.1) is 34.6 Å². The number of morpholine rings is 5. The minimum atomic E-state index is -3.30. The third-order valence-electron chi connectivity index (χ3n) is 30.9. The molecule has 22 rings (SSSR count). The summed E-state index contributed by atoms with van der Waals surface area (Å²) >= 11 is 0. The number of sulfone groups is 5. The molecule has 0 aliphatic carbocycles. The molecule has 12 aromatic rings. The predicted octanol–water partition coefficient (Wildman–Crippen LogP) is 13.0. The molecule has 20 heterocycles. The van der Waals surface area contributed by atoms with E-state index in [0.717, 1.165) is 110 Å². The van der Waals surface area contributed by atoms with Crippen LogP contribution < -0.4 is 29.2 Å². The molecular formula is C105H134N22O16S5. The maximum atomic E-state index is 13.0. The van der Waals surface area contributed by atoms with Gasteiger partial charge in [0.25, 0.3) is 0 Å². The minimum Gasteiger partial charge on any atom is -0.481 e. The lowest BCUT2D eigenvalue weighted by atomic mass is 10.0. The van der Waals surface area contributed by atoms with E-state index < -0.39 is 72.9 Å². The van der Waals surface area contributed by atoms with Crippen LogP contribution in [0.4, 0.5) is 29.1 Å². The number of hydrogen-bond donors (Lipinski definition) is 0. The van der Waals surface area contributed by atoms with Gasteiger partial charge >= 0.3 is 0 Å². The van der Waals surface area contributed by atoms with Crippen molar-refractivity contribution in [3.05, 3.63) is 185 Å². The van der Waals surface area contributed by atoms with Crippen LogP contribution in [-0.2, 0) is 96.6 Å². The van der Waals surface area contributed by atoms with Crippen LogP contribution in [0.1, 0.15) is 191 Å². The molecule has 2 aromatic carbocycles. The Labute approximate surface area is 866 Å². The number of benzene rings is 2. The summed E-state index contributed by atoms with van der Waals surface area (Å²) < 4.78 is 161. The molecule has 10 aromatic heterocycles. The van der Waals surface area contributed by atoms with Gasteiger partial charge in [-0.3, -0.25) is 19.1 Å². The zero-order valence-corrected chi connectivity index (χ0v) is 91.2. The van der Waals surface area contributed by atoms with E-state index in [1.165, 1.54) is 0 Å². The Bertz CT molecular complexity index is 7250. The number of para-hydroxylation sites is 4. The number of rotatable bonds is 16. The third-order valence-corrected chi connectivity index (χ3v) is 43.9. The average molecular weight is 2120 g/mol.